The number of esters is 1. The van der Waals surface area contributed by atoms with Crippen LogP contribution in [0.1, 0.15) is 62.4 Å². The van der Waals surface area contributed by atoms with Gasteiger partial charge in [-0.1, -0.05) is 43.7 Å². The van der Waals surface area contributed by atoms with E-state index < -0.39 is 76.0 Å². The Morgan fingerprint density at radius 1 is 1.08 bits per heavy atom. The first-order chi connectivity index (χ1) is 23.1. The summed E-state index contributed by atoms with van der Waals surface area (Å²) in [6.07, 6.45) is 3.44. The van der Waals surface area contributed by atoms with E-state index in [-0.39, 0.29) is 35.6 Å². The quantitative estimate of drug-likeness (QED) is 0.207. The van der Waals surface area contributed by atoms with Crippen molar-refractivity contribution < 1.29 is 48.7 Å². The number of aliphatic hydroxyl groups excluding tert-OH is 1. The number of phenols is 1. The molecule has 0 heterocycles. The lowest BCUT2D eigenvalue weighted by Gasteiger charge is -2.63. The predicted molar refractivity (Wildman–Crippen MR) is 173 cm³/mol. The normalized spacial score (nSPS) is 34.9. The van der Waals surface area contributed by atoms with Gasteiger partial charge in [-0.2, -0.15) is 10.2 Å². The summed E-state index contributed by atoms with van der Waals surface area (Å²) in [7, 11) is 0. The largest absolute Gasteiger partial charge is 0.507 e. The molecule has 12 heteroatoms. The monoisotopic (exact) mass is 674 g/mol. The van der Waals surface area contributed by atoms with Crippen LogP contribution in [0.3, 0.4) is 0 Å². The highest BCUT2D eigenvalue weighted by atomic mass is 19.1. The number of benzene rings is 2. The van der Waals surface area contributed by atoms with E-state index in [1.807, 2.05) is 0 Å². The lowest BCUT2D eigenvalue weighted by molar-refractivity contribution is -0.230. The van der Waals surface area contributed by atoms with Crippen LogP contribution >= 0.6 is 0 Å². The zero-order chi connectivity index (χ0) is 35.5. The third-order valence-electron chi connectivity index (χ3n) is 11.9. The minimum Gasteiger partial charge on any atom is -0.507 e. The maximum absolute atomic E-state index is 18.4. The zero-order valence-electron chi connectivity index (χ0n) is 27.4. The molecular formula is C37H39FN2O9. The molecule has 2 aromatic rings. The summed E-state index contributed by atoms with van der Waals surface area (Å²) in [6, 6.07) is 10.3. The molecule has 6 rings (SSSR count). The van der Waals surface area contributed by atoms with E-state index in [1.165, 1.54) is 24.3 Å². The van der Waals surface area contributed by atoms with E-state index in [4.69, 9.17) is 4.74 Å². The molecule has 3 saturated carbocycles. The van der Waals surface area contributed by atoms with E-state index >= 15 is 4.39 Å². The van der Waals surface area contributed by atoms with E-state index in [0.29, 0.717) is 30.4 Å². The maximum atomic E-state index is 18.4. The summed E-state index contributed by atoms with van der Waals surface area (Å²) < 4.78 is 24.5. The molecule has 0 amide bonds. The highest BCUT2D eigenvalue weighted by Crippen LogP contribution is 2.71. The van der Waals surface area contributed by atoms with Gasteiger partial charge in [-0.3, -0.25) is 14.4 Å². The minimum absolute atomic E-state index is 0.145. The number of aromatic hydroxyl groups is 1. The van der Waals surface area contributed by atoms with Crippen molar-refractivity contribution in [1.29, 1.82) is 0 Å². The summed E-state index contributed by atoms with van der Waals surface area (Å²) in [4.78, 5) is 50.8. The van der Waals surface area contributed by atoms with Crippen LogP contribution in [-0.4, -0.2) is 67.9 Å². The van der Waals surface area contributed by atoms with E-state index in [2.05, 4.69) is 10.2 Å². The molecule has 0 spiro atoms. The summed E-state index contributed by atoms with van der Waals surface area (Å²) in [5, 5.41) is 49.3. The Bertz CT molecular complexity index is 1840. The number of hydrogen-bond acceptors (Lipinski definition) is 10. The molecule has 0 radical (unpaired) electrons. The number of azo groups is 1. The number of ether oxygens (including phenoxy) is 1. The Morgan fingerprint density at radius 3 is 2.53 bits per heavy atom. The number of halogens is 1. The number of fused-ring (bicyclic) bond motifs is 5. The molecule has 0 saturated heterocycles. The Balaban J connectivity index is 1.35. The van der Waals surface area contributed by atoms with Crippen molar-refractivity contribution in [2.75, 3.05) is 6.61 Å². The molecule has 4 N–H and O–H groups in total. The van der Waals surface area contributed by atoms with Gasteiger partial charge in [-0.25, -0.2) is 9.18 Å². The Kier molecular flexibility index (Phi) is 8.47. The van der Waals surface area contributed by atoms with Crippen LogP contribution in [0, 0.1) is 28.6 Å². The van der Waals surface area contributed by atoms with Gasteiger partial charge in [-0.15, -0.1) is 0 Å². The molecule has 8 atom stereocenters. The van der Waals surface area contributed by atoms with E-state index in [1.54, 1.807) is 51.1 Å². The Labute approximate surface area is 282 Å². The average Bonchev–Trinajstić information content (AvgIpc) is 3.26. The fraction of sp³-hybridized carbons (Fsp3) is 0.459. The summed E-state index contributed by atoms with van der Waals surface area (Å²) >= 11 is 0. The zero-order valence-corrected chi connectivity index (χ0v) is 27.4. The van der Waals surface area contributed by atoms with Crippen molar-refractivity contribution in [3.05, 3.63) is 77.4 Å². The molecule has 49 heavy (non-hydrogen) atoms. The second-order valence-corrected chi connectivity index (χ2v) is 14.2. The van der Waals surface area contributed by atoms with Crippen molar-refractivity contribution in [2.24, 2.45) is 38.8 Å². The smallest absolute Gasteiger partial charge is 0.339 e. The van der Waals surface area contributed by atoms with Crippen LogP contribution in [0.5, 0.6) is 5.75 Å². The van der Waals surface area contributed by atoms with Gasteiger partial charge in [0, 0.05) is 16.7 Å². The lowest BCUT2D eigenvalue weighted by Crippen LogP contribution is -2.70. The number of aromatic carboxylic acids is 1. The fourth-order valence-corrected chi connectivity index (χ4v) is 9.33. The highest BCUT2D eigenvalue weighted by molar-refractivity contribution is 6.01. The third kappa shape index (κ3) is 5.15. The van der Waals surface area contributed by atoms with Crippen molar-refractivity contribution in [3.63, 3.8) is 0 Å². The molecule has 0 bridgehead atoms. The number of carboxylic acids is 1. The number of Topliss-reactive ketones (excluding diaryl/α,β-unsaturated/α-hetero) is 1. The number of hydrogen-bond donors (Lipinski definition) is 4. The van der Waals surface area contributed by atoms with Crippen LogP contribution in [0.4, 0.5) is 15.8 Å². The molecular weight excluding hydrogens is 635 g/mol. The SMILES string of the molecule is C[C@@H]1CC2C3CCC4=CC(=O)C=C[C@]4(C)[C@@]3(F)[C@@H](OC(=O)Cc3ccccc3N=Nc3ccc(O)c(C(=O)O)c3)C[C@]2(C)[C@@]1(O)C(=O)CO. The van der Waals surface area contributed by atoms with Crippen molar-refractivity contribution in [2.45, 2.75) is 70.2 Å². The molecule has 11 nitrogen and oxygen atoms in total. The number of carbonyl (C=O) groups excluding carboxylic acids is 3. The topological polar surface area (TPSA) is 183 Å². The Morgan fingerprint density at radius 2 is 1.82 bits per heavy atom. The first-order valence-corrected chi connectivity index (χ1v) is 16.3. The second-order valence-electron chi connectivity index (χ2n) is 14.2. The first-order valence-electron chi connectivity index (χ1n) is 16.3. The highest BCUT2D eigenvalue weighted by Gasteiger charge is 2.76. The van der Waals surface area contributed by atoms with Gasteiger partial charge < -0.3 is 25.2 Å². The predicted octanol–water partition coefficient (Wildman–Crippen LogP) is 5.51. The number of rotatable bonds is 8. The average molecular weight is 675 g/mol. The molecule has 2 aromatic carbocycles. The number of allylic oxidation sites excluding steroid dienone is 4. The number of ketones is 2. The second kappa shape index (κ2) is 12.1. The minimum atomic E-state index is -2.19. The number of aliphatic hydroxyl groups is 2. The van der Waals surface area contributed by atoms with Gasteiger partial charge in [-0.05, 0) is 86.4 Å². The Hall–Kier alpha value is -4.55. The standard InChI is InChI=1S/C37H39FN2O9/c1-20-14-27-26-10-8-22-16-24(42)12-13-34(22,2)36(26,38)31(18-35(27,3)37(20,48)30(44)19-41)49-32(45)15-21-6-4-5-7-28(21)40-39-23-9-11-29(43)25(17-23)33(46)47/h4-7,9,11-13,16-17,20,26-27,31,41,43,48H,8,10,14-15,18-19H2,1-3H3,(H,46,47)/t20-,26?,27?,31+,34+,35+,36+,37+/m1/s1. The van der Waals surface area contributed by atoms with Crippen LogP contribution in [0.15, 0.2) is 76.5 Å². The van der Waals surface area contributed by atoms with E-state index in [9.17, 15) is 39.6 Å². The van der Waals surface area contributed by atoms with Crippen LogP contribution in [0.25, 0.3) is 0 Å². The van der Waals surface area contributed by atoms with Crippen LogP contribution < -0.4 is 0 Å². The van der Waals surface area contributed by atoms with Crippen LogP contribution in [0.2, 0.25) is 0 Å². The molecule has 4 aliphatic carbocycles. The van der Waals surface area contributed by atoms with Gasteiger partial charge >= 0.3 is 11.9 Å². The van der Waals surface area contributed by atoms with Crippen molar-refractivity contribution in [3.8, 4) is 5.75 Å². The summed E-state index contributed by atoms with van der Waals surface area (Å²) in [5.41, 5.74) is -5.65. The number of carboxylic acid groups (broad SMARTS) is 1. The van der Waals surface area contributed by atoms with Gasteiger partial charge in [0.15, 0.2) is 17.2 Å². The van der Waals surface area contributed by atoms with Crippen molar-refractivity contribution in [1.82, 2.24) is 0 Å². The van der Waals surface area contributed by atoms with Gasteiger partial charge in [0.05, 0.1) is 17.8 Å². The van der Waals surface area contributed by atoms with Gasteiger partial charge in [0.2, 0.25) is 0 Å². The number of nitrogens with zero attached hydrogens (tertiary/aromatic N) is 2. The van der Waals surface area contributed by atoms with Crippen molar-refractivity contribution >= 4 is 34.9 Å². The maximum Gasteiger partial charge on any atom is 0.339 e. The first kappa shape index (κ1) is 34.3. The van der Waals surface area contributed by atoms with E-state index in [0.717, 1.165) is 6.07 Å². The molecule has 0 aliphatic heterocycles. The lowest BCUT2D eigenvalue weighted by atomic mass is 9.44. The number of alkyl halides is 1. The third-order valence-corrected chi connectivity index (χ3v) is 11.9. The van der Waals surface area contributed by atoms with Gasteiger partial charge in [0.1, 0.15) is 29.6 Å². The molecule has 3 fully saturated rings. The van der Waals surface area contributed by atoms with Gasteiger partial charge in [0.25, 0.3) is 0 Å². The fourth-order valence-electron chi connectivity index (χ4n) is 9.33. The summed E-state index contributed by atoms with van der Waals surface area (Å²) in [6.45, 7) is 4.26. The molecule has 0 aromatic heterocycles. The molecule has 4 aliphatic rings. The molecule has 2 unspecified atom stereocenters. The number of carbonyl (C=O) groups is 4. The summed E-state index contributed by atoms with van der Waals surface area (Å²) in [5.74, 6) is -5.38. The van der Waals surface area contributed by atoms with Crippen LogP contribution in [-0.2, 0) is 25.5 Å². The molecule has 258 valence electrons.